The summed E-state index contributed by atoms with van der Waals surface area (Å²) in [6.45, 7) is 5.71. The van der Waals surface area contributed by atoms with E-state index in [1.165, 1.54) is 0 Å². The number of halogens is 3. The molecule has 2 aliphatic heterocycles. The number of likely N-dealkylation sites (tertiary alicyclic amines) is 1. The molecule has 0 aliphatic carbocycles. The zero-order chi connectivity index (χ0) is 22.5. The van der Waals surface area contributed by atoms with Crippen LogP contribution < -0.4 is 10.9 Å². The lowest BCUT2D eigenvalue weighted by Crippen LogP contribution is -2.39. The Morgan fingerprint density at radius 1 is 1.29 bits per heavy atom. The standard InChI is InChI=1S/C21H26F3N5O2/c1-4-13-9-16(21(22,23)24)29-17(26-13)10-14(27-29)15-6-5-7-28(15)20(31)18-11(2)8-12(3)25-19(18)30/h8,10,13,15-16,26H,4-7,9H2,1-3H3,(H,25,30)/t13-,15+,16-/m1/s1. The molecule has 0 spiro atoms. The SMILES string of the molecule is CC[C@@H]1C[C@H](C(F)(F)F)n2nc([C@@H]3CCCN3C(=O)c3c(C)cc(C)[nH]c3=O)cc2N1. The molecule has 1 fully saturated rings. The molecule has 4 heterocycles. The Hall–Kier alpha value is -2.78. The molecule has 0 radical (unpaired) electrons. The highest BCUT2D eigenvalue weighted by Crippen LogP contribution is 2.42. The van der Waals surface area contributed by atoms with Gasteiger partial charge in [-0.05, 0) is 51.2 Å². The van der Waals surface area contributed by atoms with Crippen LogP contribution >= 0.6 is 0 Å². The van der Waals surface area contributed by atoms with Gasteiger partial charge in [0.25, 0.3) is 11.5 Å². The van der Waals surface area contributed by atoms with Gasteiger partial charge in [0.05, 0.1) is 11.7 Å². The van der Waals surface area contributed by atoms with Crippen LogP contribution in [0.5, 0.6) is 0 Å². The predicted molar refractivity (Wildman–Crippen MR) is 109 cm³/mol. The number of hydrogen-bond acceptors (Lipinski definition) is 4. The fourth-order valence-electron chi connectivity index (χ4n) is 4.68. The summed E-state index contributed by atoms with van der Waals surface area (Å²) in [6.07, 6.45) is -2.66. The molecule has 3 atom stereocenters. The fraction of sp³-hybridized carbons (Fsp3) is 0.571. The fourth-order valence-corrected chi connectivity index (χ4v) is 4.68. The van der Waals surface area contributed by atoms with Crippen molar-refractivity contribution in [1.82, 2.24) is 19.7 Å². The molecule has 168 valence electrons. The van der Waals surface area contributed by atoms with Crippen LogP contribution in [0.15, 0.2) is 16.9 Å². The number of carbonyl (C=O) groups is 1. The minimum atomic E-state index is -4.41. The number of aromatic amines is 1. The average molecular weight is 437 g/mol. The number of carbonyl (C=O) groups excluding carboxylic acids is 1. The third-order valence-electron chi connectivity index (χ3n) is 6.21. The molecule has 0 saturated carbocycles. The summed E-state index contributed by atoms with van der Waals surface area (Å²) in [5.74, 6) is -0.0990. The number of rotatable bonds is 3. The number of alkyl halides is 3. The van der Waals surface area contributed by atoms with Crippen LogP contribution in [0, 0.1) is 13.8 Å². The summed E-state index contributed by atoms with van der Waals surface area (Å²) < 4.78 is 42.0. The average Bonchev–Trinajstić information content (AvgIpc) is 3.31. The van der Waals surface area contributed by atoms with Crippen molar-refractivity contribution in [2.45, 2.75) is 70.8 Å². The number of hydrogen-bond donors (Lipinski definition) is 2. The van der Waals surface area contributed by atoms with Crippen LogP contribution in [-0.4, -0.2) is 44.3 Å². The minimum Gasteiger partial charge on any atom is -0.367 e. The van der Waals surface area contributed by atoms with Gasteiger partial charge in [0.1, 0.15) is 11.4 Å². The second-order valence-corrected chi connectivity index (χ2v) is 8.44. The number of pyridine rings is 1. The summed E-state index contributed by atoms with van der Waals surface area (Å²) in [6, 6.07) is 0.885. The highest BCUT2D eigenvalue weighted by Gasteiger charge is 2.46. The van der Waals surface area contributed by atoms with E-state index in [1.807, 2.05) is 6.92 Å². The largest absolute Gasteiger partial charge is 0.410 e. The van der Waals surface area contributed by atoms with E-state index in [0.29, 0.717) is 48.6 Å². The van der Waals surface area contributed by atoms with Gasteiger partial charge in [0, 0.05) is 24.3 Å². The number of anilines is 1. The van der Waals surface area contributed by atoms with Crippen LogP contribution in [-0.2, 0) is 0 Å². The van der Waals surface area contributed by atoms with Gasteiger partial charge in [-0.15, -0.1) is 0 Å². The third-order valence-corrected chi connectivity index (χ3v) is 6.21. The van der Waals surface area contributed by atoms with E-state index in [0.717, 1.165) is 4.68 Å². The van der Waals surface area contributed by atoms with Gasteiger partial charge < -0.3 is 15.2 Å². The first kappa shape index (κ1) is 21.5. The van der Waals surface area contributed by atoms with Gasteiger partial charge in [-0.2, -0.15) is 18.3 Å². The van der Waals surface area contributed by atoms with E-state index >= 15 is 0 Å². The number of nitrogens with one attached hydrogen (secondary N) is 2. The van der Waals surface area contributed by atoms with E-state index < -0.39 is 29.7 Å². The molecule has 1 amide bonds. The van der Waals surface area contributed by atoms with E-state index in [1.54, 1.807) is 30.9 Å². The molecule has 1 saturated heterocycles. The van der Waals surface area contributed by atoms with Crippen LogP contribution in [0.2, 0.25) is 0 Å². The van der Waals surface area contributed by atoms with Gasteiger partial charge >= 0.3 is 6.18 Å². The molecule has 2 aliphatic rings. The first-order chi connectivity index (χ1) is 14.6. The Balaban J connectivity index is 1.69. The molecule has 0 bridgehead atoms. The van der Waals surface area contributed by atoms with E-state index in [4.69, 9.17) is 0 Å². The molecular formula is C21H26F3N5O2. The number of H-pyrrole nitrogens is 1. The lowest BCUT2D eigenvalue weighted by molar-refractivity contribution is -0.173. The Kier molecular flexibility index (Phi) is 5.35. The van der Waals surface area contributed by atoms with Crippen LogP contribution in [0.25, 0.3) is 0 Å². The molecular weight excluding hydrogens is 411 g/mol. The van der Waals surface area contributed by atoms with E-state index in [2.05, 4.69) is 15.4 Å². The van der Waals surface area contributed by atoms with Crippen LogP contribution in [0.3, 0.4) is 0 Å². The Morgan fingerprint density at radius 3 is 2.68 bits per heavy atom. The van der Waals surface area contributed by atoms with Gasteiger partial charge in [0.15, 0.2) is 6.04 Å². The highest BCUT2D eigenvalue weighted by molar-refractivity contribution is 5.95. The van der Waals surface area contributed by atoms with Crippen molar-refractivity contribution < 1.29 is 18.0 Å². The quantitative estimate of drug-likeness (QED) is 0.764. The number of amides is 1. The van der Waals surface area contributed by atoms with Crippen LogP contribution in [0.4, 0.5) is 19.0 Å². The lowest BCUT2D eigenvalue weighted by atomic mass is 10.0. The minimum absolute atomic E-state index is 0.0683. The van der Waals surface area contributed by atoms with Crippen molar-refractivity contribution in [3.05, 3.63) is 45.0 Å². The van der Waals surface area contributed by atoms with Crippen molar-refractivity contribution in [2.75, 3.05) is 11.9 Å². The van der Waals surface area contributed by atoms with Gasteiger partial charge in [-0.1, -0.05) is 6.92 Å². The monoisotopic (exact) mass is 437 g/mol. The molecule has 2 aromatic heterocycles. The van der Waals surface area contributed by atoms with Crippen molar-refractivity contribution in [2.24, 2.45) is 0 Å². The predicted octanol–water partition coefficient (Wildman–Crippen LogP) is 3.86. The summed E-state index contributed by atoms with van der Waals surface area (Å²) >= 11 is 0. The summed E-state index contributed by atoms with van der Waals surface area (Å²) in [5, 5.41) is 7.42. The van der Waals surface area contributed by atoms with Gasteiger partial charge in [-0.3, -0.25) is 9.59 Å². The molecule has 2 aromatic rings. The third kappa shape index (κ3) is 3.83. The zero-order valence-corrected chi connectivity index (χ0v) is 17.7. The Morgan fingerprint density at radius 2 is 2.03 bits per heavy atom. The maximum atomic E-state index is 13.7. The number of aromatic nitrogens is 3. The maximum absolute atomic E-state index is 13.7. The summed E-state index contributed by atoms with van der Waals surface area (Å²) in [4.78, 5) is 29.9. The smallest absolute Gasteiger partial charge is 0.367 e. The second kappa shape index (κ2) is 7.72. The van der Waals surface area contributed by atoms with E-state index in [-0.39, 0.29) is 18.0 Å². The molecule has 10 heteroatoms. The van der Waals surface area contributed by atoms with Gasteiger partial charge in [-0.25, -0.2) is 4.68 Å². The highest BCUT2D eigenvalue weighted by atomic mass is 19.4. The molecule has 0 aromatic carbocycles. The summed E-state index contributed by atoms with van der Waals surface area (Å²) in [5.41, 5.74) is 1.26. The molecule has 2 N–H and O–H groups in total. The summed E-state index contributed by atoms with van der Waals surface area (Å²) in [7, 11) is 0. The van der Waals surface area contributed by atoms with Crippen molar-refractivity contribution in [3.8, 4) is 0 Å². The Bertz CT molecular complexity index is 1060. The second-order valence-electron chi connectivity index (χ2n) is 8.44. The van der Waals surface area contributed by atoms with Crippen molar-refractivity contribution in [1.29, 1.82) is 0 Å². The number of nitrogens with zero attached hydrogens (tertiary/aromatic N) is 3. The maximum Gasteiger partial charge on any atom is 0.410 e. The molecule has 7 nitrogen and oxygen atoms in total. The molecule has 31 heavy (non-hydrogen) atoms. The molecule has 0 unspecified atom stereocenters. The van der Waals surface area contributed by atoms with Gasteiger partial charge in [0.2, 0.25) is 0 Å². The lowest BCUT2D eigenvalue weighted by Gasteiger charge is -2.32. The van der Waals surface area contributed by atoms with Crippen LogP contribution in [0.1, 0.15) is 72.0 Å². The first-order valence-electron chi connectivity index (χ1n) is 10.5. The topological polar surface area (TPSA) is 83.0 Å². The van der Waals surface area contributed by atoms with Crippen molar-refractivity contribution >= 4 is 11.7 Å². The number of fused-ring (bicyclic) bond motifs is 1. The van der Waals surface area contributed by atoms with E-state index in [9.17, 15) is 22.8 Å². The van der Waals surface area contributed by atoms with Crippen molar-refractivity contribution in [3.63, 3.8) is 0 Å². The normalized spacial score (nSPS) is 23.5. The zero-order valence-electron chi connectivity index (χ0n) is 17.7. The molecule has 4 rings (SSSR count). The first-order valence-corrected chi connectivity index (χ1v) is 10.5. The Labute approximate surface area is 177 Å². The number of aryl methyl sites for hydroxylation is 2.